The standard InChI is InChI=1S/C11H15NO4S/c1-3-10(12)11(13)16-17(14,15)9-6-4-8(2)5-7-9/h4-7,10H,3,12H2,1-2H3/t10-/m0/s1. The number of rotatable bonds is 4. The van der Waals surface area contributed by atoms with Gasteiger partial charge in [-0.1, -0.05) is 24.6 Å². The normalized spacial score (nSPS) is 13.1. The molecule has 0 fully saturated rings. The van der Waals surface area contributed by atoms with Crippen LogP contribution < -0.4 is 5.73 Å². The third-order valence-electron chi connectivity index (χ3n) is 2.24. The first-order valence-electron chi connectivity index (χ1n) is 5.17. The highest BCUT2D eigenvalue weighted by Gasteiger charge is 2.23. The highest BCUT2D eigenvalue weighted by atomic mass is 32.2. The first-order chi connectivity index (χ1) is 7.86. The van der Waals surface area contributed by atoms with Crippen LogP contribution in [0.15, 0.2) is 29.2 Å². The average molecular weight is 257 g/mol. The predicted molar refractivity (Wildman–Crippen MR) is 62.7 cm³/mol. The Labute approximate surface area is 101 Å². The van der Waals surface area contributed by atoms with Gasteiger partial charge in [-0.15, -0.1) is 0 Å². The molecule has 5 nitrogen and oxygen atoms in total. The Balaban J connectivity index is 2.89. The molecule has 0 spiro atoms. The SMILES string of the molecule is CC[C@H](N)C(=O)OS(=O)(=O)c1ccc(C)cc1. The zero-order valence-electron chi connectivity index (χ0n) is 9.71. The second-order valence-electron chi connectivity index (χ2n) is 3.68. The molecule has 0 aliphatic heterocycles. The monoisotopic (exact) mass is 257 g/mol. The summed E-state index contributed by atoms with van der Waals surface area (Å²) < 4.78 is 27.8. The van der Waals surface area contributed by atoms with E-state index in [9.17, 15) is 13.2 Å². The van der Waals surface area contributed by atoms with Crippen LogP contribution >= 0.6 is 0 Å². The van der Waals surface area contributed by atoms with Gasteiger partial charge in [-0.25, -0.2) is 4.79 Å². The van der Waals surface area contributed by atoms with Gasteiger partial charge < -0.3 is 9.92 Å². The highest BCUT2D eigenvalue weighted by molar-refractivity contribution is 7.87. The average Bonchev–Trinajstić information content (AvgIpc) is 2.27. The minimum Gasteiger partial charge on any atom is -0.341 e. The summed E-state index contributed by atoms with van der Waals surface area (Å²) in [6.45, 7) is 3.50. The third-order valence-corrected chi connectivity index (χ3v) is 3.48. The van der Waals surface area contributed by atoms with Crippen molar-refractivity contribution in [1.29, 1.82) is 0 Å². The number of carbonyl (C=O) groups is 1. The Bertz CT molecular complexity index is 493. The Kier molecular flexibility index (Phi) is 4.25. The van der Waals surface area contributed by atoms with E-state index in [2.05, 4.69) is 4.18 Å². The molecule has 1 rings (SSSR count). The minimum atomic E-state index is -4.06. The Morgan fingerprint density at radius 1 is 1.35 bits per heavy atom. The summed E-state index contributed by atoms with van der Waals surface area (Å²) in [6.07, 6.45) is 0.322. The predicted octanol–water partition coefficient (Wildman–Crippen LogP) is 0.964. The summed E-state index contributed by atoms with van der Waals surface area (Å²) in [7, 11) is -4.06. The molecular weight excluding hydrogens is 242 g/mol. The summed E-state index contributed by atoms with van der Waals surface area (Å²) in [5.41, 5.74) is 6.30. The Morgan fingerprint density at radius 2 is 1.88 bits per heavy atom. The van der Waals surface area contributed by atoms with Crippen molar-refractivity contribution < 1.29 is 17.4 Å². The van der Waals surface area contributed by atoms with Gasteiger partial charge in [-0.2, -0.15) is 8.42 Å². The van der Waals surface area contributed by atoms with Crippen molar-refractivity contribution in [3.05, 3.63) is 29.8 Å². The quantitative estimate of drug-likeness (QED) is 0.812. The molecular formula is C11H15NO4S. The Hall–Kier alpha value is -1.40. The molecule has 0 bridgehead atoms. The minimum absolute atomic E-state index is 0.0558. The molecule has 1 aromatic rings. The van der Waals surface area contributed by atoms with Crippen molar-refractivity contribution in [2.75, 3.05) is 0 Å². The maximum absolute atomic E-state index is 11.7. The highest BCUT2D eigenvalue weighted by Crippen LogP contribution is 2.14. The van der Waals surface area contributed by atoms with E-state index in [1.54, 1.807) is 19.1 Å². The molecule has 0 aliphatic rings. The number of hydrogen-bond acceptors (Lipinski definition) is 5. The fraction of sp³-hybridized carbons (Fsp3) is 0.364. The second kappa shape index (κ2) is 5.29. The molecule has 1 atom stereocenters. The van der Waals surface area contributed by atoms with E-state index in [1.807, 2.05) is 6.92 Å². The van der Waals surface area contributed by atoms with Gasteiger partial charge in [0.2, 0.25) is 0 Å². The van der Waals surface area contributed by atoms with Gasteiger partial charge in [0.05, 0.1) is 0 Å². The van der Waals surface area contributed by atoms with Gasteiger partial charge >= 0.3 is 16.1 Å². The zero-order chi connectivity index (χ0) is 13.1. The molecule has 0 saturated carbocycles. The topological polar surface area (TPSA) is 86.5 Å². The van der Waals surface area contributed by atoms with Gasteiger partial charge in [0.25, 0.3) is 0 Å². The van der Waals surface area contributed by atoms with Gasteiger partial charge in [-0.3, -0.25) is 0 Å². The number of benzene rings is 1. The maximum atomic E-state index is 11.7. The van der Waals surface area contributed by atoms with Crippen LogP contribution in [-0.2, 0) is 19.1 Å². The largest absolute Gasteiger partial charge is 0.341 e. The van der Waals surface area contributed by atoms with E-state index in [1.165, 1.54) is 12.1 Å². The van der Waals surface area contributed by atoms with E-state index in [0.29, 0.717) is 6.42 Å². The molecule has 0 aliphatic carbocycles. The van der Waals surface area contributed by atoms with Gasteiger partial charge in [0, 0.05) is 0 Å². The number of carbonyl (C=O) groups excluding carboxylic acids is 1. The molecule has 17 heavy (non-hydrogen) atoms. The summed E-state index contributed by atoms with van der Waals surface area (Å²) in [6, 6.07) is 5.10. The van der Waals surface area contributed by atoms with Gasteiger partial charge in [0.15, 0.2) is 0 Å². The van der Waals surface area contributed by atoms with Crippen molar-refractivity contribution in [3.63, 3.8) is 0 Å². The van der Waals surface area contributed by atoms with Crippen molar-refractivity contribution in [3.8, 4) is 0 Å². The van der Waals surface area contributed by atoms with Crippen LogP contribution in [-0.4, -0.2) is 20.4 Å². The molecule has 0 aromatic heterocycles. The van der Waals surface area contributed by atoms with E-state index in [-0.39, 0.29) is 4.90 Å². The van der Waals surface area contributed by atoms with Crippen LogP contribution in [0.5, 0.6) is 0 Å². The van der Waals surface area contributed by atoms with E-state index >= 15 is 0 Å². The number of hydrogen-bond donors (Lipinski definition) is 1. The van der Waals surface area contributed by atoms with Crippen molar-refractivity contribution in [2.45, 2.75) is 31.2 Å². The molecule has 6 heteroatoms. The van der Waals surface area contributed by atoms with Crippen LogP contribution in [0, 0.1) is 6.92 Å². The molecule has 0 saturated heterocycles. The second-order valence-corrected chi connectivity index (χ2v) is 5.23. The molecule has 0 amide bonds. The summed E-state index contributed by atoms with van der Waals surface area (Å²) in [4.78, 5) is 11.2. The van der Waals surface area contributed by atoms with Crippen molar-refractivity contribution in [2.24, 2.45) is 5.73 Å². The van der Waals surface area contributed by atoms with Crippen LogP contribution in [0.25, 0.3) is 0 Å². The molecule has 0 radical (unpaired) electrons. The smallest absolute Gasteiger partial charge is 0.341 e. The molecule has 2 N–H and O–H groups in total. The van der Waals surface area contributed by atoms with Crippen molar-refractivity contribution >= 4 is 16.1 Å². The lowest BCUT2D eigenvalue weighted by atomic mass is 10.2. The Morgan fingerprint density at radius 3 is 2.35 bits per heavy atom. The van der Waals surface area contributed by atoms with Crippen LogP contribution in [0.1, 0.15) is 18.9 Å². The summed E-state index contributed by atoms with van der Waals surface area (Å²) >= 11 is 0. The van der Waals surface area contributed by atoms with E-state index in [4.69, 9.17) is 5.73 Å². The lowest BCUT2D eigenvalue weighted by Crippen LogP contribution is -2.33. The van der Waals surface area contributed by atoms with Crippen LogP contribution in [0.4, 0.5) is 0 Å². The summed E-state index contributed by atoms with van der Waals surface area (Å²) in [5.74, 6) is -0.937. The number of aryl methyl sites for hydroxylation is 1. The molecule has 0 unspecified atom stereocenters. The maximum Gasteiger partial charge on any atom is 0.341 e. The summed E-state index contributed by atoms with van der Waals surface area (Å²) in [5, 5.41) is 0. The molecule has 1 aromatic carbocycles. The molecule has 94 valence electrons. The lowest BCUT2D eigenvalue weighted by Gasteiger charge is -2.09. The van der Waals surface area contributed by atoms with Crippen molar-refractivity contribution in [1.82, 2.24) is 0 Å². The first-order valence-corrected chi connectivity index (χ1v) is 6.58. The lowest BCUT2D eigenvalue weighted by molar-refractivity contribution is -0.135. The van der Waals surface area contributed by atoms with E-state index in [0.717, 1.165) is 5.56 Å². The van der Waals surface area contributed by atoms with Crippen LogP contribution in [0.3, 0.4) is 0 Å². The third kappa shape index (κ3) is 3.54. The van der Waals surface area contributed by atoms with Crippen LogP contribution in [0.2, 0.25) is 0 Å². The first kappa shape index (κ1) is 13.7. The van der Waals surface area contributed by atoms with Gasteiger partial charge in [0.1, 0.15) is 10.9 Å². The van der Waals surface area contributed by atoms with E-state index < -0.39 is 22.1 Å². The fourth-order valence-electron chi connectivity index (χ4n) is 1.09. The number of nitrogens with two attached hydrogens (primary N) is 1. The zero-order valence-corrected chi connectivity index (χ0v) is 10.5. The molecule has 0 heterocycles. The fourth-order valence-corrected chi connectivity index (χ4v) is 2.00. The van der Waals surface area contributed by atoms with Gasteiger partial charge in [-0.05, 0) is 25.5 Å².